The van der Waals surface area contributed by atoms with Crippen molar-refractivity contribution in [3.63, 3.8) is 0 Å². The Morgan fingerprint density at radius 1 is 1.07 bits per heavy atom. The smallest absolute Gasteiger partial charge is 0.247 e. The fourth-order valence-corrected chi connectivity index (χ4v) is 6.80. The summed E-state index contributed by atoms with van der Waals surface area (Å²) in [6.07, 6.45) is 7.09. The topological polar surface area (TPSA) is 88.1 Å². The summed E-state index contributed by atoms with van der Waals surface area (Å²) < 4.78 is 29.3. The third-order valence-corrected chi connectivity index (χ3v) is 8.88. The number of aromatic amines is 1. The number of aromatic nitrogens is 3. The van der Waals surface area contributed by atoms with Crippen LogP contribution in [0.15, 0.2) is 29.1 Å². The van der Waals surface area contributed by atoms with Gasteiger partial charge in [-0.1, -0.05) is 37.5 Å². The average Bonchev–Trinajstić information content (AvgIpc) is 3.09. The highest BCUT2D eigenvalue weighted by molar-refractivity contribution is 7.89. The second-order valence-electron chi connectivity index (χ2n) is 8.42. The van der Waals surface area contributed by atoms with Gasteiger partial charge in [-0.15, -0.1) is 0 Å². The SMILES string of the molecule is Cc1ccccc1-n1c(CC2CCN(S(=O)(=O)C3CCCCC3)CC2)n[nH]c1=O. The van der Waals surface area contributed by atoms with Crippen molar-refractivity contribution in [1.82, 2.24) is 19.1 Å². The first-order chi connectivity index (χ1) is 14.0. The first-order valence-corrected chi connectivity index (χ1v) is 12.2. The van der Waals surface area contributed by atoms with Gasteiger partial charge < -0.3 is 0 Å². The van der Waals surface area contributed by atoms with Crippen molar-refractivity contribution >= 4 is 10.0 Å². The molecule has 0 spiro atoms. The third kappa shape index (κ3) is 4.19. The van der Waals surface area contributed by atoms with E-state index in [1.165, 1.54) is 0 Å². The van der Waals surface area contributed by atoms with Crippen molar-refractivity contribution in [2.24, 2.45) is 5.92 Å². The van der Waals surface area contributed by atoms with Crippen LogP contribution in [0.5, 0.6) is 0 Å². The number of hydrogen-bond donors (Lipinski definition) is 1. The summed E-state index contributed by atoms with van der Waals surface area (Å²) in [7, 11) is -3.18. The molecule has 2 aliphatic rings. The van der Waals surface area contributed by atoms with Crippen molar-refractivity contribution < 1.29 is 8.42 Å². The molecule has 1 aliphatic carbocycles. The van der Waals surface area contributed by atoms with Crippen LogP contribution in [0.1, 0.15) is 56.3 Å². The van der Waals surface area contributed by atoms with Crippen LogP contribution in [-0.2, 0) is 16.4 Å². The van der Waals surface area contributed by atoms with Gasteiger partial charge in [-0.3, -0.25) is 0 Å². The number of aryl methyl sites for hydroxylation is 1. The van der Waals surface area contributed by atoms with E-state index in [0.717, 1.165) is 62.0 Å². The van der Waals surface area contributed by atoms with E-state index in [0.29, 0.717) is 25.4 Å². The number of H-pyrrole nitrogens is 1. The predicted molar refractivity (Wildman–Crippen MR) is 113 cm³/mol. The van der Waals surface area contributed by atoms with E-state index in [1.807, 2.05) is 31.2 Å². The summed E-state index contributed by atoms with van der Waals surface area (Å²) >= 11 is 0. The lowest BCUT2D eigenvalue weighted by Gasteiger charge is -2.34. The van der Waals surface area contributed by atoms with Gasteiger partial charge in [-0.05, 0) is 50.2 Å². The molecule has 1 aliphatic heterocycles. The monoisotopic (exact) mass is 418 g/mol. The molecule has 0 bridgehead atoms. The van der Waals surface area contributed by atoms with E-state index in [4.69, 9.17) is 0 Å². The summed E-state index contributed by atoms with van der Waals surface area (Å²) in [4.78, 5) is 12.4. The van der Waals surface area contributed by atoms with Crippen molar-refractivity contribution in [2.45, 2.75) is 63.5 Å². The molecule has 0 unspecified atom stereocenters. The molecule has 1 saturated heterocycles. The number of nitrogens with one attached hydrogen (secondary N) is 1. The predicted octanol–water partition coefficient (Wildman–Crippen LogP) is 2.79. The van der Waals surface area contributed by atoms with Gasteiger partial charge in [-0.2, -0.15) is 5.10 Å². The van der Waals surface area contributed by atoms with Gasteiger partial charge in [0.1, 0.15) is 5.82 Å². The minimum Gasteiger partial charge on any atom is -0.247 e. The van der Waals surface area contributed by atoms with Crippen LogP contribution in [0.4, 0.5) is 0 Å². The maximum Gasteiger partial charge on any atom is 0.347 e. The first kappa shape index (κ1) is 20.3. The van der Waals surface area contributed by atoms with E-state index in [1.54, 1.807) is 8.87 Å². The molecule has 4 rings (SSSR count). The molecular formula is C21H30N4O3S. The number of piperidine rings is 1. The molecule has 29 heavy (non-hydrogen) atoms. The molecule has 158 valence electrons. The quantitative estimate of drug-likeness (QED) is 0.809. The van der Waals surface area contributed by atoms with Gasteiger partial charge in [0.25, 0.3) is 0 Å². The molecule has 1 saturated carbocycles. The first-order valence-electron chi connectivity index (χ1n) is 10.7. The summed E-state index contributed by atoms with van der Waals surface area (Å²) in [5.74, 6) is 1.05. The van der Waals surface area contributed by atoms with Crippen molar-refractivity contribution in [3.05, 3.63) is 46.1 Å². The third-order valence-electron chi connectivity index (χ3n) is 6.48. The van der Waals surface area contributed by atoms with Gasteiger partial charge in [-0.25, -0.2) is 27.2 Å². The van der Waals surface area contributed by atoms with Crippen LogP contribution in [0, 0.1) is 12.8 Å². The van der Waals surface area contributed by atoms with Crippen LogP contribution < -0.4 is 5.69 Å². The Morgan fingerprint density at radius 3 is 2.45 bits per heavy atom. The van der Waals surface area contributed by atoms with Crippen LogP contribution >= 0.6 is 0 Å². The van der Waals surface area contributed by atoms with Gasteiger partial charge in [0, 0.05) is 19.5 Å². The number of para-hydroxylation sites is 1. The molecule has 0 radical (unpaired) electrons. The van der Waals surface area contributed by atoms with E-state index >= 15 is 0 Å². The van der Waals surface area contributed by atoms with E-state index in [9.17, 15) is 13.2 Å². The lowest BCUT2D eigenvalue weighted by Crippen LogP contribution is -2.44. The Bertz CT molecular complexity index is 997. The normalized spacial score (nSPS) is 20.2. The van der Waals surface area contributed by atoms with Gasteiger partial charge in [0.15, 0.2) is 0 Å². The summed E-state index contributed by atoms with van der Waals surface area (Å²) in [6.45, 7) is 3.12. The molecule has 1 N–H and O–H groups in total. The van der Waals surface area contributed by atoms with Crippen LogP contribution in [0.2, 0.25) is 0 Å². The molecule has 0 atom stereocenters. The second kappa shape index (κ2) is 8.44. The van der Waals surface area contributed by atoms with Crippen molar-refractivity contribution in [3.8, 4) is 5.69 Å². The van der Waals surface area contributed by atoms with Gasteiger partial charge in [0.2, 0.25) is 10.0 Å². The summed E-state index contributed by atoms with van der Waals surface area (Å²) in [5.41, 5.74) is 1.64. The average molecular weight is 419 g/mol. The zero-order valence-electron chi connectivity index (χ0n) is 17.0. The van der Waals surface area contributed by atoms with E-state index in [2.05, 4.69) is 10.2 Å². The highest BCUT2D eigenvalue weighted by Crippen LogP contribution is 2.30. The van der Waals surface area contributed by atoms with Gasteiger partial charge >= 0.3 is 5.69 Å². The minimum absolute atomic E-state index is 0.189. The van der Waals surface area contributed by atoms with Crippen molar-refractivity contribution in [2.75, 3.05) is 13.1 Å². The number of nitrogens with zero attached hydrogens (tertiary/aromatic N) is 3. The molecular weight excluding hydrogens is 388 g/mol. The highest BCUT2D eigenvalue weighted by atomic mass is 32.2. The second-order valence-corrected chi connectivity index (χ2v) is 10.6. The lowest BCUT2D eigenvalue weighted by atomic mass is 9.94. The highest BCUT2D eigenvalue weighted by Gasteiger charge is 2.35. The Morgan fingerprint density at radius 2 is 1.76 bits per heavy atom. The Balaban J connectivity index is 1.43. The molecule has 7 nitrogen and oxygen atoms in total. The summed E-state index contributed by atoms with van der Waals surface area (Å²) in [5, 5.41) is 6.65. The Hall–Kier alpha value is -1.93. The number of sulfonamides is 1. The van der Waals surface area contributed by atoms with Gasteiger partial charge in [0.05, 0.1) is 10.9 Å². The summed E-state index contributed by atoms with van der Waals surface area (Å²) in [6, 6.07) is 7.77. The number of benzene rings is 1. The molecule has 8 heteroatoms. The van der Waals surface area contributed by atoms with Crippen LogP contribution in [0.3, 0.4) is 0 Å². The number of hydrogen-bond acceptors (Lipinski definition) is 4. The Kier molecular flexibility index (Phi) is 5.92. The fraction of sp³-hybridized carbons (Fsp3) is 0.619. The standard InChI is InChI=1S/C21H30N4O3S/c1-16-7-5-6-10-19(16)25-20(22-23-21(25)26)15-17-11-13-24(14-12-17)29(27,28)18-8-3-2-4-9-18/h5-7,10,17-18H,2-4,8-9,11-15H2,1H3,(H,23,26). The van der Waals surface area contributed by atoms with E-state index < -0.39 is 10.0 Å². The lowest BCUT2D eigenvalue weighted by molar-refractivity contribution is 0.265. The fourth-order valence-electron chi connectivity index (χ4n) is 4.73. The Labute approximate surface area is 172 Å². The zero-order valence-corrected chi connectivity index (χ0v) is 17.8. The minimum atomic E-state index is -3.18. The molecule has 2 fully saturated rings. The zero-order chi connectivity index (χ0) is 20.4. The maximum absolute atomic E-state index is 12.9. The molecule has 1 aromatic heterocycles. The molecule has 0 amide bonds. The molecule has 2 aromatic rings. The largest absolute Gasteiger partial charge is 0.347 e. The maximum atomic E-state index is 12.9. The van der Waals surface area contributed by atoms with Crippen LogP contribution in [-0.4, -0.2) is 45.8 Å². The molecule has 1 aromatic carbocycles. The van der Waals surface area contributed by atoms with E-state index in [-0.39, 0.29) is 10.9 Å². The number of rotatable bonds is 5. The van der Waals surface area contributed by atoms with Crippen molar-refractivity contribution in [1.29, 1.82) is 0 Å². The van der Waals surface area contributed by atoms with Crippen LogP contribution in [0.25, 0.3) is 5.69 Å². The molecule has 2 heterocycles.